The lowest BCUT2D eigenvalue weighted by molar-refractivity contribution is -0.0817. The van der Waals surface area contributed by atoms with Crippen LogP contribution in [0.15, 0.2) is 23.2 Å². The first-order valence-corrected chi connectivity index (χ1v) is 10.5. The number of hydrogen-bond donors (Lipinski definition) is 1. The molecule has 30 heavy (non-hydrogen) atoms. The van der Waals surface area contributed by atoms with E-state index in [0.717, 1.165) is 50.6 Å². The molecule has 0 radical (unpaired) electrons. The molecule has 7 nitrogen and oxygen atoms in total. The van der Waals surface area contributed by atoms with Gasteiger partial charge in [-0.3, -0.25) is 4.99 Å². The fourth-order valence-corrected chi connectivity index (χ4v) is 3.77. The van der Waals surface area contributed by atoms with Crippen LogP contribution < -0.4 is 14.8 Å². The van der Waals surface area contributed by atoms with E-state index in [9.17, 15) is 8.78 Å². The lowest BCUT2D eigenvalue weighted by atomic mass is 10.1. The van der Waals surface area contributed by atoms with Crippen molar-refractivity contribution in [2.45, 2.75) is 45.0 Å². The van der Waals surface area contributed by atoms with Crippen LogP contribution in [0.3, 0.4) is 0 Å². The molecule has 0 amide bonds. The summed E-state index contributed by atoms with van der Waals surface area (Å²) >= 11 is 0. The minimum atomic E-state index is -2.90. The Kier molecular flexibility index (Phi) is 8.50. The Morgan fingerprint density at radius 1 is 1.27 bits per heavy atom. The summed E-state index contributed by atoms with van der Waals surface area (Å²) < 4.78 is 46.6. The highest BCUT2D eigenvalue weighted by molar-refractivity contribution is 5.80. The second-order valence-electron chi connectivity index (χ2n) is 7.26. The van der Waals surface area contributed by atoms with E-state index in [0.29, 0.717) is 19.6 Å². The summed E-state index contributed by atoms with van der Waals surface area (Å²) in [7, 11) is 1.42. The molecule has 168 valence electrons. The minimum absolute atomic E-state index is 0.0356. The summed E-state index contributed by atoms with van der Waals surface area (Å²) in [4.78, 5) is 6.95. The number of rotatable bonds is 8. The number of guanidine groups is 1. The molecular formula is C21H31F2N3O4. The van der Waals surface area contributed by atoms with Crippen molar-refractivity contribution in [3.8, 4) is 11.5 Å². The molecule has 9 heteroatoms. The van der Waals surface area contributed by atoms with E-state index in [-0.39, 0.29) is 23.7 Å². The molecule has 0 spiro atoms. The average Bonchev–Trinajstić information content (AvgIpc) is 3.28. The Morgan fingerprint density at radius 2 is 2.10 bits per heavy atom. The van der Waals surface area contributed by atoms with E-state index in [1.165, 1.54) is 7.11 Å². The Labute approximate surface area is 176 Å². The Bertz CT molecular complexity index is 699. The van der Waals surface area contributed by atoms with Gasteiger partial charge in [-0.2, -0.15) is 8.78 Å². The van der Waals surface area contributed by atoms with Crippen LogP contribution in [0.25, 0.3) is 0 Å². The van der Waals surface area contributed by atoms with E-state index in [1.54, 1.807) is 12.1 Å². The van der Waals surface area contributed by atoms with Gasteiger partial charge in [0.25, 0.3) is 0 Å². The van der Waals surface area contributed by atoms with E-state index < -0.39 is 6.61 Å². The number of halogens is 2. The highest BCUT2D eigenvalue weighted by Gasteiger charge is 2.32. The van der Waals surface area contributed by atoms with Gasteiger partial charge in [-0.15, -0.1) is 0 Å². The third-order valence-electron chi connectivity index (χ3n) is 5.21. The molecular weight excluding hydrogens is 396 g/mol. The number of alkyl halides is 2. The number of ether oxygens (including phenoxy) is 4. The van der Waals surface area contributed by atoms with Gasteiger partial charge in [0.1, 0.15) is 6.10 Å². The van der Waals surface area contributed by atoms with E-state index in [4.69, 9.17) is 19.2 Å². The molecule has 0 aromatic heterocycles. The maximum Gasteiger partial charge on any atom is 0.387 e. The van der Waals surface area contributed by atoms with Gasteiger partial charge in [0.2, 0.25) is 0 Å². The molecule has 0 saturated carbocycles. The van der Waals surface area contributed by atoms with Crippen LogP contribution in [0.4, 0.5) is 8.78 Å². The highest BCUT2D eigenvalue weighted by Crippen LogP contribution is 2.29. The van der Waals surface area contributed by atoms with Crippen molar-refractivity contribution in [1.82, 2.24) is 10.2 Å². The summed E-state index contributed by atoms with van der Waals surface area (Å²) in [6.45, 7) is 3.37. The Hall–Kier alpha value is -2.13. The summed E-state index contributed by atoms with van der Waals surface area (Å²) in [5, 5.41) is 3.34. The molecule has 2 saturated heterocycles. The quantitative estimate of drug-likeness (QED) is 0.508. The van der Waals surface area contributed by atoms with Gasteiger partial charge in [0.15, 0.2) is 17.5 Å². The molecule has 1 N–H and O–H groups in total. The zero-order chi connectivity index (χ0) is 21.3. The first-order chi connectivity index (χ1) is 14.6. The van der Waals surface area contributed by atoms with Crippen LogP contribution in [-0.4, -0.2) is 76.2 Å². The van der Waals surface area contributed by atoms with Crippen molar-refractivity contribution in [1.29, 1.82) is 0 Å². The largest absolute Gasteiger partial charge is 0.493 e. The predicted molar refractivity (Wildman–Crippen MR) is 110 cm³/mol. The zero-order valence-corrected chi connectivity index (χ0v) is 17.6. The molecule has 1 aromatic carbocycles. The number of hydrogen-bond acceptors (Lipinski definition) is 5. The molecule has 1 aromatic rings. The first-order valence-electron chi connectivity index (χ1n) is 10.5. The summed E-state index contributed by atoms with van der Waals surface area (Å²) in [5.41, 5.74) is 0.852. The van der Waals surface area contributed by atoms with Crippen molar-refractivity contribution < 1.29 is 27.7 Å². The molecule has 3 rings (SSSR count). The van der Waals surface area contributed by atoms with Gasteiger partial charge in [-0.25, -0.2) is 0 Å². The number of nitrogens with zero attached hydrogens (tertiary/aromatic N) is 2. The van der Waals surface area contributed by atoms with Gasteiger partial charge in [0.05, 0.1) is 19.8 Å². The second kappa shape index (κ2) is 11.3. The Balaban J connectivity index is 1.62. The normalized spacial score (nSPS) is 22.4. The van der Waals surface area contributed by atoms with Crippen molar-refractivity contribution in [2.75, 3.05) is 46.5 Å². The van der Waals surface area contributed by atoms with Gasteiger partial charge in [-0.05, 0) is 43.9 Å². The van der Waals surface area contributed by atoms with Gasteiger partial charge in [0, 0.05) is 32.8 Å². The second-order valence-corrected chi connectivity index (χ2v) is 7.26. The van der Waals surface area contributed by atoms with Crippen molar-refractivity contribution in [2.24, 2.45) is 4.99 Å². The molecule has 2 heterocycles. The standard InChI is InChI=1S/C21H31F2N3O4/c1-3-24-21(26-10-12-29-19(14-26)17-5-4-11-28-17)25-9-8-15-6-7-16(27-2)18(13-15)30-20(22)23/h6-7,13,17,19-20H,3-5,8-12,14H2,1-2H3,(H,24,25). The van der Waals surface area contributed by atoms with Crippen molar-refractivity contribution >= 4 is 5.96 Å². The van der Waals surface area contributed by atoms with E-state index in [2.05, 4.69) is 15.0 Å². The fraction of sp³-hybridized carbons (Fsp3) is 0.667. The number of nitrogens with one attached hydrogen (secondary N) is 1. The molecule has 2 atom stereocenters. The maximum absolute atomic E-state index is 12.6. The molecule has 2 aliphatic heterocycles. The van der Waals surface area contributed by atoms with Crippen LogP contribution >= 0.6 is 0 Å². The maximum atomic E-state index is 12.6. The van der Waals surface area contributed by atoms with Gasteiger partial charge < -0.3 is 29.2 Å². The minimum Gasteiger partial charge on any atom is -0.493 e. The van der Waals surface area contributed by atoms with Crippen molar-refractivity contribution in [3.63, 3.8) is 0 Å². The van der Waals surface area contributed by atoms with Crippen LogP contribution in [-0.2, 0) is 15.9 Å². The number of morpholine rings is 1. The van der Waals surface area contributed by atoms with Crippen LogP contribution in [0.1, 0.15) is 25.3 Å². The van der Waals surface area contributed by atoms with Crippen LogP contribution in [0, 0.1) is 0 Å². The summed E-state index contributed by atoms with van der Waals surface area (Å²) in [6.07, 6.45) is 2.92. The van der Waals surface area contributed by atoms with Crippen LogP contribution in [0.5, 0.6) is 11.5 Å². The van der Waals surface area contributed by atoms with E-state index in [1.807, 2.05) is 13.0 Å². The number of benzene rings is 1. The third-order valence-corrected chi connectivity index (χ3v) is 5.21. The molecule has 2 unspecified atom stereocenters. The third kappa shape index (κ3) is 6.18. The lowest BCUT2D eigenvalue weighted by Crippen LogP contribution is -2.53. The molecule has 2 fully saturated rings. The summed E-state index contributed by atoms with van der Waals surface area (Å²) in [6, 6.07) is 5.05. The highest BCUT2D eigenvalue weighted by atomic mass is 19.3. The number of methoxy groups -OCH3 is 1. The average molecular weight is 427 g/mol. The predicted octanol–water partition coefficient (Wildman–Crippen LogP) is 2.68. The SMILES string of the molecule is CCNC(=NCCc1ccc(OC)c(OC(F)F)c1)N1CCOC(C2CCCO2)C1. The molecule has 0 aliphatic carbocycles. The van der Waals surface area contributed by atoms with Crippen molar-refractivity contribution in [3.05, 3.63) is 23.8 Å². The number of aliphatic imine (C=N–C) groups is 1. The monoisotopic (exact) mass is 427 g/mol. The van der Waals surface area contributed by atoms with E-state index >= 15 is 0 Å². The van der Waals surface area contributed by atoms with Crippen LogP contribution in [0.2, 0.25) is 0 Å². The van der Waals surface area contributed by atoms with Gasteiger partial charge in [-0.1, -0.05) is 6.07 Å². The Morgan fingerprint density at radius 3 is 2.80 bits per heavy atom. The van der Waals surface area contributed by atoms with Gasteiger partial charge >= 0.3 is 6.61 Å². The summed E-state index contributed by atoms with van der Waals surface area (Å²) in [5.74, 6) is 1.15. The lowest BCUT2D eigenvalue weighted by Gasteiger charge is -2.37. The smallest absolute Gasteiger partial charge is 0.387 e. The fourth-order valence-electron chi connectivity index (χ4n) is 3.77. The zero-order valence-electron chi connectivity index (χ0n) is 17.6. The molecule has 0 bridgehead atoms. The first kappa shape index (κ1) is 22.6. The topological polar surface area (TPSA) is 64.6 Å². The molecule has 2 aliphatic rings.